The van der Waals surface area contributed by atoms with E-state index in [1.165, 1.54) is 17.3 Å². The molecule has 3 N–H and O–H groups in total. The fraction of sp³-hybridized carbons (Fsp3) is 0.474. The minimum absolute atomic E-state index is 0.220. The molecule has 2 rings (SSSR count). The SMILES string of the molecule is CCNC=C(C=NC)C(=O)NC[C@H](O)CN1CCc2ccccc2C1. The number of aliphatic hydroxyl groups excluding tert-OH is 1. The van der Waals surface area contributed by atoms with E-state index in [4.69, 9.17) is 0 Å². The molecule has 0 saturated carbocycles. The van der Waals surface area contributed by atoms with Crippen molar-refractivity contribution in [1.29, 1.82) is 0 Å². The quantitative estimate of drug-likeness (QED) is 0.480. The molecule has 0 saturated heterocycles. The van der Waals surface area contributed by atoms with Crippen molar-refractivity contribution >= 4 is 12.1 Å². The van der Waals surface area contributed by atoms with Crippen LogP contribution in [0.2, 0.25) is 0 Å². The molecular formula is C19H28N4O2. The predicted molar refractivity (Wildman–Crippen MR) is 101 cm³/mol. The van der Waals surface area contributed by atoms with Crippen LogP contribution in [-0.4, -0.2) is 61.5 Å². The summed E-state index contributed by atoms with van der Waals surface area (Å²) in [7, 11) is 1.62. The molecule has 0 aliphatic carbocycles. The number of nitrogens with zero attached hydrogens (tertiary/aromatic N) is 2. The number of hydrogen-bond donors (Lipinski definition) is 3. The lowest BCUT2D eigenvalue weighted by molar-refractivity contribution is -0.117. The normalized spacial score (nSPS) is 16.5. The Bertz CT molecular complexity index is 628. The van der Waals surface area contributed by atoms with Crippen LogP contribution in [0.15, 0.2) is 41.0 Å². The second kappa shape index (κ2) is 9.96. The number of β-amino-alcohol motifs (C(OH)–C–C–N with tert-alkyl or cyclic N) is 1. The van der Waals surface area contributed by atoms with E-state index in [1.54, 1.807) is 13.2 Å². The summed E-state index contributed by atoms with van der Waals surface area (Å²) in [4.78, 5) is 18.3. The van der Waals surface area contributed by atoms with E-state index in [-0.39, 0.29) is 12.5 Å². The van der Waals surface area contributed by atoms with E-state index < -0.39 is 6.10 Å². The standard InChI is InChI=1S/C19H28N4O2/c1-3-21-11-17(10-20-2)19(25)22-12-18(24)14-23-9-8-15-6-4-5-7-16(15)13-23/h4-7,10-11,18,21,24H,3,8-9,12-14H2,1-2H3,(H,22,25)/t18-/m0/s1. The highest BCUT2D eigenvalue weighted by atomic mass is 16.3. The van der Waals surface area contributed by atoms with Gasteiger partial charge in [-0.25, -0.2) is 0 Å². The fourth-order valence-corrected chi connectivity index (χ4v) is 2.90. The molecule has 1 aromatic rings. The van der Waals surface area contributed by atoms with Crippen molar-refractivity contribution in [2.75, 3.05) is 33.2 Å². The summed E-state index contributed by atoms with van der Waals surface area (Å²) >= 11 is 0. The monoisotopic (exact) mass is 344 g/mol. The Morgan fingerprint density at radius 1 is 1.40 bits per heavy atom. The van der Waals surface area contributed by atoms with Gasteiger partial charge in [0.1, 0.15) is 0 Å². The minimum atomic E-state index is -0.604. The number of rotatable bonds is 8. The first kappa shape index (κ1) is 19.1. The Morgan fingerprint density at radius 3 is 2.88 bits per heavy atom. The van der Waals surface area contributed by atoms with Gasteiger partial charge in [-0.2, -0.15) is 0 Å². The van der Waals surface area contributed by atoms with Gasteiger partial charge in [0.2, 0.25) is 0 Å². The number of carbonyl (C=O) groups excluding carboxylic acids is 1. The Morgan fingerprint density at radius 2 is 2.16 bits per heavy atom. The summed E-state index contributed by atoms with van der Waals surface area (Å²) in [5.74, 6) is -0.241. The molecule has 1 aromatic carbocycles. The summed E-state index contributed by atoms with van der Waals surface area (Å²) in [5, 5.41) is 16.0. The molecule has 0 aromatic heterocycles. The molecule has 6 heteroatoms. The van der Waals surface area contributed by atoms with Gasteiger partial charge in [0.25, 0.3) is 5.91 Å². The van der Waals surface area contributed by atoms with Gasteiger partial charge in [-0.05, 0) is 24.5 Å². The van der Waals surface area contributed by atoms with Gasteiger partial charge in [-0.1, -0.05) is 24.3 Å². The lowest BCUT2D eigenvalue weighted by atomic mass is 10.00. The van der Waals surface area contributed by atoms with Gasteiger partial charge in [-0.3, -0.25) is 14.7 Å². The van der Waals surface area contributed by atoms with Gasteiger partial charge in [-0.15, -0.1) is 0 Å². The lowest BCUT2D eigenvalue weighted by Gasteiger charge is -2.30. The molecule has 25 heavy (non-hydrogen) atoms. The van der Waals surface area contributed by atoms with Gasteiger partial charge in [0.15, 0.2) is 0 Å². The number of aliphatic hydroxyl groups is 1. The largest absolute Gasteiger partial charge is 0.390 e. The van der Waals surface area contributed by atoms with Gasteiger partial charge < -0.3 is 15.7 Å². The molecule has 0 unspecified atom stereocenters. The van der Waals surface area contributed by atoms with Crippen molar-refractivity contribution in [1.82, 2.24) is 15.5 Å². The van der Waals surface area contributed by atoms with Crippen molar-refractivity contribution in [3.8, 4) is 0 Å². The van der Waals surface area contributed by atoms with Crippen LogP contribution in [0.25, 0.3) is 0 Å². The summed E-state index contributed by atoms with van der Waals surface area (Å²) in [6.07, 6.45) is 3.54. The first-order valence-corrected chi connectivity index (χ1v) is 8.75. The molecule has 0 bridgehead atoms. The van der Waals surface area contributed by atoms with Crippen LogP contribution < -0.4 is 10.6 Å². The summed E-state index contributed by atoms with van der Waals surface area (Å²) in [6, 6.07) is 8.41. The van der Waals surface area contributed by atoms with Crippen LogP contribution >= 0.6 is 0 Å². The number of nitrogens with one attached hydrogen (secondary N) is 2. The zero-order valence-corrected chi connectivity index (χ0v) is 15.0. The first-order valence-electron chi connectivity index (χ1n) is 8.75. The summed E-state index contributed by atoms with van der Waals surface area (Å²) in [6.45, 7) is 5.22. The van der Waals surface area contributed by atoms with Crippen LogP contribution in [0.3, 0.4) is 0 Å². The Hall–Kier alpha value is -2.18. The highest BCUT2D eigenvalue weighted by Gasteiger charge is 2.19. The van der Waals surface area contributed by atoms with Crippen molar-refractivity contribution in [2.45, 2.75) is 26.0 Å². The molecular weight excluding hydrogens is 316 g/mol. The third-order valence-electron chi connectivity index (χ3n) is 4.17. The number of hydrogen-bond acceptors (Lipinski definition) is 5. The predicted octanol–water partition coefficient (Wildman–Crippen LogP) is 0.716. The maximum absolute atomic E-state index is 12.2. The number of benzene rings is 1. The van der Waals surface area contributed by atoms with Crippen molar-refractivity contribution in [3.63, 3.8) is 0 Å². The van der Waals surface area contributed by atoms with Crippen LogP contribution in [-0.2, 0) is 17.8 Å². The maximum Gasteiger partial charge on any atom is 0.254 e. The summed E-state index contributed by atoms with van der Waals surface area (Å²) < 4.78 is 0. The third kappa shape index (κ3) is 5.99. The zero-order valence-electron chi connectivity index (χ0n) is 15.0. The Labute approximate surface area is 149 Å². The summed E-state index contributed by atoms with van der Waals surface area (Å²) in [5.41, 5.74) is 3.15. The zero-order chi connectivity index (χ0) is 18.1. The molecule has 0 radical (unpaired) electrons. The van der Waals surface area contributed by atoms with Crippen molar-refractivity contribution in [2.24, 2.45) is 4.99 Å². The second-order valence-electron chi connectivity index (χ2n) is 6.16. The van der Waals surface area contributed by atoms with Crippen LogP contribution in [0.5, 0.6) is 0 Å². The average molecular weight is 344 g/mol. The van der Waals surface area contributed by atoms with Crippen LogP contribution in [0.1, 0.15) is 18.1 Å². The van der Waals surface area contributed by atoms with E-state index in [0.29, 0.717) is 12.1 Å². The molecule has 1 heterocycles. The van der Waals surface area contributed by atoms with Gasteiger partial charge >= 0.3 is 0 Å². The van der Waals surface area contributed by atoms with E-state index in [9.17, 15) is 9.90 Å². The molecule has 6 nitrogen and oxygen atoms in total. The van der Waals surface area contributed by atoms with Crippen molar-refractivity contribution < 1.29 is 9.90 Å². The minimum Gasteiger partial charge on any atom is -0.390 e. The number of fused-ring (bicyclic) bond motifs is 1. The molecule has 1 aliphatic heterocycles. The van der Waals surface area contributed by atoms with Gasteiger partial charge in [0, 0.05) is 52.2 Å². The molecule has 0 spiro atoms. The number of amides is 1. The van der Waals surface area contributed by atoms with E-state index in [2.05, 4.69) is 38.7 Å². The third-order valence-corrected chi connectivity index (χ3v) is 4.17. The van der Waals surface area contributed by atoms with E-state index >= 15 is 0 Å². The van der Waals surface area contributed by atoms with Gasteiger partial charge in [0.05, 0.1) is 11.7 Å². The Kier molecular flexibility index (Phi) is 7.63. The number of aliphatic imine (C=N–C) groups is 1. The maximum atomic E-state index is 12.2. The van der Waals surface area contributed by atoms with E-state index in [1.807, 2.05) is 13.0 Å². The molecule has 136 valence electrons. The molecule has 1 aliphatic rings. The second-order valence-corrected chi connectivity index (χ2v) is 6.16. The van der Waals surface area contributed by atoms with Crippen LogP contribution in [0.4, 0.5) is 0 Å². The topological polar surface area (TPSA) is 77.0 Å². The highest BCUT2D eigenvalue weighted by Crippen LogP contribution is 2.18. The molecule has 1 atom stereocenters. The Balaban J connectivity index is 1.80. The lowest BCUT2D eigenvalue weighted by Crippen LogP contribution is -2.42. The first-order chi connectivity index (χ1) is 12.1. The molecule has 1 amide bonds. The fourth-order valence-electron chi connectivity index (χ4n) is 2.90. The van der Waals surface area contributed by atoms with E-state index in [0.717, 1.165) is 26.1 Å². The smallest absolute Gasteiger partial charge is 0.254 e. The van der Waals surface area contributed by atoms with Crippen LogP contribution in [0, 0.1) is 0 Å². The molecule has 0 fully saturated rings. The highest BCUT2D eigenvalue weighted by molar-refractivity contribution is 6.12. The van der Waals surface area contributed by atoms with Crippen molar-refractivity contribution in [3.05, 3.63) is 47.2 Å². The number of carbonyl (C=O) groups is 1. The average Bonchev–Trinajstić information content (AvgIpc) is 2.63.